The van der Waals surface area contributed by atoms with E-state index in [0.717, 1.165) is 49.3 Å². The van der Waals surface area contributed by atoms with Crippen molar-refractivity contribution in [2.24, 2.45) is 0 Å². The minimum Gasteiger partial charge on any atom is -0.356 e. The van der Waals surface area contributed by atoms with Crippen LogP contribution in [0.15, 0.2) is 36.8 Å². The number of amides is 1. The van der Waals surface area contributed by atoms with Crippen LogP contribution < -0.4 is 10.2 Å². The molecule has 0 bridgehead atoms. The van der Waals surface area contributed by atoms with Crippen molar-refractivity contribution in [2.45, 2.75) is 25.6 Å². The molecule has 1 amide bonds. The van der Waals surface area contributed by atoms with Crippen LogP contribution in [0.4, 0.5) is 24.7 Å². The Kier molecular flexibility index (Phi) is 4.62. The topological polar surface area (TPSA) is 75.9 Å². The molecule has 28 heavy (non-hydrogen) atoms. The molecule has 1 aliphatic heterocycles. The Hall–Kier alpha value is -3.17. The molecule has 10 heteroatoms. The smallest absolute Gasteiger partial charge is 0.356 e. The van der Waals surface area contributed by atoms with E-state index in [9.17, 15) is 18.0 Å². The van der Waals surface area contributed by atoms with Gasteiger partial charge in [-0.3, -0.25) is 4.79 Å². The maximum absolute atomic E-state index is 12.8. The predicted molar refractivity (Wildman–Crippen MR) is 96.8 cm³/mol. The van der Waals surface area contributed by atoms with Crippen LogP contribution in [0, 0.1) is 0 Å². The SMILES string of the molecule is O=C(Cn1ncc2c(N3CCCC3)ncnc21)Nc1cccc(C(F)(F)F)c1. The number of aromatic nitrogens is 4. The molecule has 0 unspecified atom stereocenters. The molecule has 0 radical (unpaired) electrons. The van der Waals surface area contributed by atoms with Crippen LogP contribution in [0.5, 0.6) is 0 Å². The highest BCUT2D eigenvalue weighted by Crippen LogP contribution is 2.30. The van der Waals surface area contributed by atoms with E-state index in [1.54, 1.807) is 6.20 Å². The van der Waals surface area contributed by atoms with Crippen LogP contribution in [-0.2, 0) is 17.5 Å². The van der Waals surface area contributed by atoms with Gasteiger partial charge in [0.1, 0.15) is 18.7 Å². The summed E-state index contributed by atoms with van der Waals surface area (Å²) in [5.41, 5.74) is -0.238. The average molecular weight is 390 g/mol. The molecule has 0 aliphatic carbocycles. The number of hydrogen-bond donors (Lipinski definition) is 1. The fourth-order valence-corrected chi connectivity index (χ4v) is 3.29. The van der Waals surface area contributed by atoms with E-state index < -0.39 is 17.6 Å². The first-order valence-corrected chi connectivity index (χ1v) is 8.80. The third-order valence-electron chi connectivity index (χ3n) is 4.59. The van der Waals surface area contributed by atoms with E-state index in [1.165, 1.54) is 23.1 Å². The molecule has 2 aromatic heterocycles. The zero-order valence-electron chi connectivity index (χ0n) is 14.8. The molecular weight excluding hydrogens is 373 g/mol. The molecule has 4 rings (SSSR count). The van der Waals surface area contributed by atoms with E-state index in [4.69, 9.17) is 0 Å². The third kappa shape index (κ3) is 3.62. The number of alkyl halides is 3. The number of rotatable bonds is 4. The Labute approximate surface area is 158 Å². The predicted octanol–water partition coefficient (Wildman–Crippen LogP) is 3.08. The van der Waals surface area contributed by atoms with Crippen molar-refractivity contribution in [1.82, 2.24) is 19.7 Å². The monoisotopic (exact) mass is 390 g/mol. The van der Waals surface area contributed by atoms with Gasteiger partial charge in [0.15, 0.2) is 5.65 Å². The van der Waals surface area contributed by atoms with Crippen LogP contribution in [0.25, 0.3) is 11.0 Å². The van der Waals surface area contributed by atoms with Gasteiger partial charge in [-0.05, 0) is 31.0 Å². The number of benzene rings is 1. The summed E-state index contributed by atoms with van der Waals surface area (Å²) in [6, 6.07) is 4.50. The highest BCUT2D eigenvalue weighted by molar-refractivity contribution is 5.92. The second-order valence-electron chi connectivity index (χ2n) is 6.56. The zero-order valence-corrected chi connectivity index (χ0v) is 14.8. The first kappa shape index (κ1) is 18.2. The van der Waals surface area contributed by atoms with Gasteiger partial charge in [-0.25, -0.2) is 14.6 Å². The second-order valence-corrected chi connectivity index (χ2v) is 6.56. The number of hydrogen-bond acceptors (Lipinski definition) is 5. The van der Waals surface area contributed by atoms with Gasteiger partial charge in [-0.1, -0.05) is 6.07 Å². The van der Waals surface area contributed by atoms with Gasteiger partial charge in [-0.2, -0.15) is 18.3 Å². The summed E-state index contributed by atoms with van der Waals surface area (Å²) in [5, 5.41) is 7.43. The Bertz CT molecular complexity index is 1010. The van der Waals surface area contributed by atoms with Gasteiger partial charge in [0.2, 0.25) is 5.91 Å². The molecular formula is C18H17F3N6O. The molecule has 0 spiro atoms. The van der Waals surface area contributed by atoms with Crippen molar-refractivity contribution in [2.75, 3.05) is 23.3 Å². The van der Waals surface area contributed by atoms with Gasteiger partial charge in [0, 0.05) is 18.8 Å². The van der Waals surface area contributed by atoms with Gasteiger partial charge < -0.3 is 10.2 Å². The Balaban J connectivity index is 1.52. The average Bonchev–Trinajstić information content (AvgIpc) is 3.31. The molecule has 3 aromatic rings. The number of carbonyl (C=O) groups excluding carboxylic acids is 1. The summed E-state index contributed by atoms with van der Waals surface area (Å²) in [5.74, 6) is 0.290. The van der Waals surface area contributed by atoms with Gasteiger partial charge in [0.25, 0.3) is 0 Å². The molecule has 1 fully saturated rings. The number of fused-ring (bicyclic) bond motifs is 1. The molecule has 1 N–H and O–H groups in total. The lowest BCUT2D eigenvalue weighted by atomic mass is 10.2. The van der Waals surface area contributed by atoms with Crippen molar-refractivity contribution in [1.29, 1.82) is 0 Å². The Morgan fingerprint density at radius 1 is 1.18 bits per heavy atom. The lowest BCUT2D eigenvalue weighted by Gasteiger charge is -2.16. The minimum atomic E-state index is -4.47. The van der Waals surface area contributed by atoms with Gasteiger partial charge in [0.05, 0.1) is 17.1 Å². The number of nitrogens with one attached hydrogen (secondary N) is 1. The molecule has 3 heterocycles. The first-order chi connectivity index (χ1) is 13.4. The summed E-state index contributed by atoms with van der Waals surface area (Å²) in [7, 11) is 0. The van der Waals surface area contributed by atoms with Crippen LogP contribution in [0.2, 0.25) is 0 Å². The van der Waals surface area contributed by atoms with E-state index in [-0.39, 0.29) is 12.2 Å². The number of halogens is 3. The van der Waals surface area contributed by atoms with Crippen molar-refractivity contribution in [3.05, 3.63) is 42.4 Å². The fourth-order valence-electron chi connectivity index (χ4n) is 3.29. The van der Waals surface area contributed by atoms with Crippen LogP contribution >= 0.6 is 0 Å². The Morgan fingerprint density at radius 3 is 2.71 bits per heavy atom. The number of carbonyl (C=O) groups is 1. The highest BCUT2D eigenvalue weighted by Gasteiger charge is 2.30. The normalized spacial score (nSPS) is 14.6. The molecule has 7 nitrogen and oxygen atoms in total. The van der Waals surface area contributed by atoms with Crippen molar-refractivity contribution >= 4 is 28.4 Å². The summed E-state index contributed by atoms with van der Waals surface area (Å²) < 4.78 is 39.8. The molecule has 0 saturated carbocycles. The lowest BCUT2D eigenvalue weighted by molar-refractivity contribution is -0.137. The van der Waals surface area contributed by atoms with E-state index in [0.29, 0.717) is 5.65 Å². The molecule has 0 atom stereocenters. The molecule has 1 saturated heterocycles. The number of anilines is 2. The fraction of sp³-hybridized carbons (Fsp3) is 0.333. The van der Waals surface area contributed by atoms with Gasteiger partial charge in [-0.15, -0.1) is 0 Å². The van der Waals surface area contributed by atoms with Crippen LogP contribution in [-0.4, -0.2) is 38.7 Å². The van der Waals surface area contributed by atoms with E-state index in [1.807, 2.05) is 0 Å². The summed E-state index contributed by atoms with van der Waals surface area (Å²) in [6.07, 6.45) is 0.763. The summed E-state index contributed by atoms with van der Waals surface area (Å²) in [6.45, 7) is 1.65. The minimum absolute atomic E-state index is 0.0728. The maximum Gasteiger partial charge on any atom is 0.416 e. The lowest BCUT2D eigenvalue weighted by Crippen LogP contribution is -2.21. The first-order valence-electron chi connectivity index (χ1n) is 8.80. The highest BCUT2D eigenvalue weighted by atomic mass is 19.4. The zero-order chi connectivity index (χ0) is 19.7. The number of nitrogens with zero attached hydrogens (tertiary/aromatic N) is 5. The summed E-state index contributed by atoms with van der Waals surface area (Å²) >= 11 is 0. The van der Waals surface area contributed by atoms with Crippen molar-refractivity contribution in [3.8, 4) is 0 Å². The van der Waals surface area contributed by atoms with Crippen LogP contribution in [0.1, 0.15) is 18.4 Å². The van der Waals surface area contributed by atoms with Crippen molar-refractivity contribution in [3.63, 3.8) is 0 Å². The largest absolute Gasteiger partial charge is 0.416 e. The molecule has 1 aliphatic rings. The Morgan fingerprint density at radius 2 is 1.96 bits per heavy atom. The van der Waals surface area contributed by atoms with Crippen molar-refractivity contribution < 1.29 is 18.0 Å². The molecule has 1 aromatic carbocycles. The third-order valence-corrected chi connectivity index (χ3v) is 4.59. The summed E-state index contributed by atoms with van der Waals surface area (Å²) in [4.78, 5) is 23.0. The van der Waals surface area contributed by atoms with Gasteiger partial charge >= 0.3 is 6.18 Å². The van der Waals surface area contributed by atoms with E-state index >= 15 is 0 Å². The molecule has 146 valence electrons. The maximum atomic E-state index is 12.8. The van der Waals surface area contributed by atoms with E-state index in [2.05, 4.69) is 25.3 Å². The standard InChI is InChI=1S/C18H17F3N6O/c19-18(20,21)12-4-3-5-13(8-12)25-15(28)10-27-17-14(9-24-27)16(22-11-23-17)26-6-1-2-7-26/h3-5,8-9,11H,1-2,6-7,10H2,(H,25,28). The second kappa shape index (κ2) is 7.10. The quantitative estimate of drug-likeness (QED) is 0.741. The van der Waals surface area contributed by atoms with Crippen LogP contribution in [0.3, 0.4) is 0 Å².